The number of nitrogens with zero attached hydrogens (tertiary/aromatic N) is 2. The molecule has 0 radical (unpaired) electrons. The Bertz CT molecular complexity index is 693. The Morgan fingerprint density at radius 2 is 2.00 bits per heavy atom. The van der Waals surface area contributed by atoms with Gasteiger partial charge in [0, 0.05) is 18.2 Å². The van der Waals surface area contributed by atoms with Crippen molar-refractivity contribution < 1.29 is 13.8 Å². The highest BCUT2D eigenvalue weighted by Crippen LogP contribution is 2.32. The van der Waals surface area contributed by atoms with E-state index in [0.29, 0.717) is 18.5 Å². The number of aromatic nitrogens is 2. The van der Waals surface area contributed by atoms with E-state index in [1.807, 2.05) is 0 Å². The number of halogens is 1. The van der Waals surface area contributed by atoms with Gasteiger partial charge in [-0.25, -0.2) is 9.02 Å². The Labute approximate surface area is 119 Å². The molecule has 1 aliphatic carbocycles. The van der Waals surface area contributed by atoms with Crippen molar-refractivity contribution in [3.05, 3.63) is 47.4 Å². The van der Waals surface area contributed by atoms with Crippen molar-refractivity contribution in [2.24, 2.45) is 0 Å². The average molecular weight is 288 g/mol. The molecule has 0 unspecified atom stereocenters. The van der Waals surface area contributed by atoms with Gasteiger partial charge in [-0.2, -0.15) is 0 Å². The Kier molecular flexibility index (Phi) is 3.39. The van der Waals surface area contributed by atoms with Crippen molar-refractivity contribution in [2.75, 3.05) is 11.1 Å². The van der Waals surface area contributed by atoms with Crippen LogP contribution >= 0.6 is 0 Å². The molecule has 1 atom stereocenters. The van der Waals surface area contributed by atoms with E-state index in [1.54, 1.807) is 12.1 Å². The monoisotopic (exact) mass is 288 g/mol. The molecule has 0 amide bonds. The highest BCUT2D eigenvalue weighted by Gasteiger charge is 2.23. The summed E-state index contributed by atoms with van der Waals surface area (Å²) in [5.74, 6) is 0.108. The Morgan fingerprint density at radius 3 is 2.67 bits per heavy atom. The van der Waals surface area contributed by atoms with Crippen molar-refractivity contribution in [3.63, 3.8) is 0 Å². The number of ketones is 1. The van der Waals surface area contributed by atoms with Crippen LogP contribution in [0.3, 0.4) is 0 Å². The van der Waals surface area contributed by atoms with Crippen molar-refractivity contribution in [1.29, 1.82) is 0 Å². The molecule has 1 aromatic heterocycles. The Hall–Kier alpha value is -2.70. The maximum atomic E-state index is 13.0. The zero-order chi connectivity index (χ0) is 14.8. The Morgan fingerprint density at radius 1 is 1.24 bits per heavy atom. The van der Waals surface area contributed by atoms with Crippen molar-refractivity contribution in [1.82, 2.24) is 10.3 Å². The van der Waals surface area contributed by atoms with Crippen molar-refractivity contribution in [3.8, 4) is 0 Å². The van der Waals surface area contributed by atoms with Gasteiger partial charge in [-0.1, -0.05) is 12.1 Å². The quantitative estimate of drug-likeness (QED) is 0.899. The molecule has 0 spiro atoms. The van der Waals surface area contributed by atoms with E-state index >= 15 is 0 Å². The van der Waals surface area contributed by atoms with Gasteiger partial charge in [0.1, 0.15) is 5.82 Å². The molecule has 3 rings (SSSR count). The van der Waals surface area contributed by atoms with Gasteiger partial charge in [-0.3, -0.25) is 4.79 Å². The molecular weight excluding hydrogens is 275 g/mol. The number of carbonyl (C=O) groups is 1. The molecule has 0 saturated heterocycles. The number of benzene rings is 1. The maximum Gasteiger partial charge on any atom is 0.219 e. The number of nitrogens with two attached hydrogens (primary N) is 1. The minimum atomic E-state index is -0.295. The second-order valence-corrected chi connectivity index (χ2v) is 4.92. The predicted octanol–water partition coefficient (Wildman–Crippen LogP) is 2.23. The standard InChI is InChI=1S/C14H13FN4O2/c15-10-3-1-8(2-4-10)9-5-11(7-12(20)6-9)17-14-13(16)18-21-19-14/h1-4,7,9H,5-6H2,(H2,16,18)(H,17,19)/t9-/m0/s1. The Balaban J connectivity index is 1.79. The molecule has 108 valence electrons. The number of nitrogen functional groups attached to an aromatic ring is 1. The van der Waals surface area contributed by atoms with Gasteiger partial charge in [-0.15, -0.1) is 0 Å². The summed E-state index contributed by atoms with van der Waals surface area (Å²) in [5, 5.41) is 10.0. The van der Waals surface area contributed by atoms with E-state index in [9.17, 15) is 9.18 Å². The molecule has 2 aromatic rings. The summed E-state index contributed by atoms with van der Waals surface area (Å²) in [7, 11) is 0. The van der Waals surface area contributed by atoms with Gasteiger partial charge >= 0.3 is 0 Å². The van der Waals surface area contributed by atoms with E-state index in [-0.39, 0.29) is 29.2 Å². The molecule has 0 aliphatic heterocycles. The SMILES string of the molecule is Nc1nonc1NC1=CC(=O)C[C@@H](c2ccc(F)cc2)C1. The van der Waals surface area contributed by atoms with Gasteiger partial charge < -0.3 is 11.1 Å². The minimum Gasteiger partial charge on any atom is -0.378 e. The molecular formula is C14H13FN4O2. The molecule has 21 heavy (non-hydrogen) atoms. The number of rotatable bonds is 3. The first-order valence-electron chi connectivity index (χ1n) is 6.46. The maximum absolute atomic E-state index is 13.0. The lowest BCUT2D eigenvalue weighted by Gasteiger charge is -2.22. The first kappa shape index (κ1) is 13.3. The lowest BCUT2D eigenvalue weighted by atomic mass is 9.85. The molecule has 0 bridgehead atoms. The van der Waals surface area contributed by atoms with E-state index in [4.69, 9.17) is 5.73 Å². The number of carbonyl (C=O) groups excluding carboxylic acids is 1. The fourth-order valence-electron chi connectivity index (χ4n) is 2.38. The molecule has 6 nitrogen and oxygen atoms in total. The van der Waals surface area contributed by atoms with Crippen LogP contribution in [0, 0.1) is 5.82 Å². The van der Waals surface area contributed by atoms with Crippen LogP contribution in [0.25, 0.3) is 0 Å². The van der Waals surface area contributed by atoms with Crippen LogP contribution in [0.15, 0.2) is 40.7 Å². The summed E-state index contributed by atoms with van der Waals surface area (Å²) in [6.45, 7) is 0. The summed E-state index contributed by atoms with van der Waals surface area (Å²) in [4.78, 5) is 11.9. The van der Waals surface area contributed by atoms with Gasteiger partial charge in [0.15, 0.2) is 5.78 Å². The van der Waals surface area contributed by atoms with Gasteiger partial charge in [0.25, 0.3) is 0 Å². The first-order valence-corrected chi connectivity index (χ1v) is 6.46. The smallest absolute Gasteiger partial charge is 0.219 e. The van der Waals surface area contributed by atoms with E-state index in [1.165, 1.54) is 18.2 Å². The molecule has 1 aliphatic rings. The summed E-state index contributed by atoms with van der Waals surface area (Å²) < 4.78 is 17.5. The lowest BCUT2D eigenvalue weighted by molar-refractivity contribution is -0.115. The number of nitrogens with one attached hydrogen (secondary N) is 1. The fraction of sp³-hybridized carbons (Fsp3) is 0.214. The number of hydrogen-bond acceptors (Lipinski definition) is 6. The zero-order valence-corrected chi connectivity index (χ0v) is 11.0. The topological polar surface area (TPSA) is 94.0 Å². The number of anilines is 2. The molecule has 3 N–H and O–H groups in total. The van der Waals surface area contributed by atoms with Crippen molar-refractivity contribution in [2.45, 2.75) is 18.8 Å². The van der Waals surface area contributed by atoms with Crippen LogP contribution in [0.4, 0.5) is 16.0 Å². The summed E-state index contributed by atoms with van der Waals surface area (Å²) in [6, 6.07) is 6.18. The van der Waals surface area contributed by atoms with E-state index in [0.717, 1.165) is 5.56 Å². The van der Waals surface area contributed by atoms with Crippen molar-refractivity contribution >= 4 is 17.4 Å². The lowest BCUT2D eigenvalue weighted by Crippen LogP contribution is -2.17. The highest BCUT2D eigenvalue weighted by atomic mass is 19.1. The van der Waals surface area contributed by atoms with Crippen LogP contribution < -0.4 is 11.1 Å². The van der Waals surface area contributed by atoms with E-state index < -0.39 is 0 Å². The molecule has 0 fully saturated rings. The highest BCUT2D eigenvalue weighted by molar-refractivity contribution is 5.92. The van der Waals surface area contributed by atoms with Gasteiger partial charge in [-0.05, 0) is 40.3 Å². The number of hydrogen-bond donors (Lipinski definition) is 2. The fourth-order valence-corrected chi connectivity index (χ4v) is 2.38. The van der Waals surface area contributed by atoms with Crippen LogP contribution in [-0.4, -0.2) is 16.1 Å². The molecule has 1 heterocycles. The largest absolute Gasteiger partial charge is 0.378 e. The summed E-state index contributed by atoms with van der Waals surface area (Å²) in [5.41, 5.74) is 7.17. The average Bonchev–Trinajstić information content (AvgIpc) is 2.84. The molecule has 1 aromatic carbocycles. The predicted molar refractivity (Wildman–Crippen MR) is 73.8 cm³/mol. The normalized spacial score (nSPS) is 18.4. The zero-order valence-electron chi connectivity index (χ0n) is 11.0. The molecule has 0 saturated carbocycles. The third kappa shape index (κ3) is 2.91. The van der Waals surface area contributed by atoms with Crippen LogP contribution in [-0.2, 0) is 4.79 Å². The first-order chi connectivity index (χ1) is 10.1. The van der Waals surface area contributed by atoms with Gasteiger partial charge in [0.2, 0.25) is 11.6 Å². The molecule has 7 heteroatoms. The second kappa shape index (κ2) is 5.35. The minimum absolute atomic E-state index is 0.00639. The van der Waals surface area contributed by atoms with E-state index in [2.05, 4.69) is 20.3 Å². The summed E-state index contributed by atoms with van der Waals surface area (Å²) >= 11 is 0. The number of allylic oxidation sites excluding steroid dienone is 2. The third-order valence-electron chi connectivity index (χ3n) is 3.38. The third-order valence-corrected chi connectivity index (χ3v) is 3.38. The van der Waals surface area contributed by atoms with Gasteiger partial charge in [0.05, 0.1) is 0 Å². The van der Waals surface area contributed by atoms with Crippen LogP contribution in [0.5, 0.6) is 0 Å². The van der Waals surface area contributed by atoms with Crippen LogP contribution in [0.2, 0.25) is 0 Å². The van der Waals surface area contributed by atoms with Crippen LogP contribution in [0.1, 0.15) is 24.3 Å². The second-order valence-electron chi connectivity index (χ2n) is 4.92. The summed E-state index contributed by atoms with van der Waals surface area (Å²) in [6.07, 6.45) is 2.52.